The standard InChI is InChI=1S/C15H19N3OS/c1-3-10(2)13(16)14(19)18-15-17-9-12(20-15)11-7-5-4-6-8-11/h4-10,13H,3,16H2,1-2H3,(H,17,18,19). The summed E-state index contributed by atoms with van der Waals surface area (Å²) >= 11 is 1.45. The van der Waals surface area contributed by atoms with Crippen molar-refractivity contribution in [2.75, 3.05) is 5.32 Å². The number of anilines is 1. The van der Waals surface area contributed by atoms with Crippen LogP contribution in [0.2, 0.25) is 0 Å². The number of hydrogen-bond donors (Lipinski definition) is 2. The fourth-order valence-electron chi connectivity index (χ4n) is 1.77. The minimum atomic E-state index is -0.496. The van der Waals surface area contributed by atoms with Crippen LogP contribution in [0.1, 0.15) is 20.3 Å². The molecule has 5 heteroatoms. The van der Waals surface area contributed by atoms with E-state index in [-0.39, 0.29) is 11.8 Å². The van der Waals surface area contributed by atoms with E-state index in [1.807, 2.05) is 44.2 Å². The number of nitrogens with zero attached hydrogens (tertiary/aromatic N) is 1. The number of carbonyl (C=O) groups excluding carboxylic acids is 1. The molecule has 3 N–H and O–H groups in total. The molecule has 0 bridgehead atoms. The first-order chi connectivity index (χ1) is 9.61. The van der Waals surface area contributed by atoms with Crippen LogP contribution in [-0.2, 0) is 4.79 Å². The van der Waals surface area contributed by atoms with E-state index in [0.717, 1.165) is 16.9 Å². The Morgan fingerprint density at radius 3 is 2.75 bits per heavy atom. The van der Waals surface area contributed by atoms with Crippen molar-refractivity contribution in [1.29, 1.82) is 0 Å². The Morgan fingerprint density at radius 1 is 1.40 bits per heavy atom. The highest BCUT2D eigenvalue weighted by Crippen LogP contribution is 2.28. The summed E-state index contributed by atoms with van der Waals surface area (Å²) in [5, 5.41) is 3.38. The summed E-state index contributed by atoms with van der Waals surface area (Å²) in [6, 6.07) is 9.47. The third kappa shape index (κ3) is 3.43. The minimum Gasteiger partial charge on any atom is -0.320 e. The third-order valence-corrected chi connectivity index (χ3v) is 4.32. The van der Waals surface area contributed by atoms with E-state index in [0.29, 0.717) is 5.13 Å². The lowest BCUT2D eigenvalue weighted by Crippen LogP contribution is -2.40. The Balaban J connectivity index is 2.05. The summed E-state index contributed by atoms with van der Waals surface area (Å²) in [6.45, 7) is 4.00. The summed E-state index contributed by atoms with van der Waals surface area (Å²) in [7, 11) is 0. The summed E-state index contributed by atoms with van der Waals surface area (Å²) < 4.78 is 0. The minimum absolute atomic E-state index is 0.156. The summed E-state index contributed by atoms with van der Waals surface area (Å²) in [5.41, 5.74) is 7.00. The second-order valence-corrected chi connectivity index (χ2v) is 5.83. The van der Waals surface area contributed by atoms with Gasteiger partial charge in [-0.3, -0.25) is 4.79 Å². The molecule has 106 valence electrons. The van der Waals surface area contributed by atoms with E-state index in [4.69, 9.17) is 5.73 Å². The second-order valence-electron chi connectivity index (χ2n) is 4.80. The first-order valence-electron chi connectivity index (χ1n) is 6.69. The van der Waals surface area contributed by atoms with Crippen LogP contribution in [0.3, 0.4) is 0 Å². The average molecular weight is 289 g/mol. The quantitative estimate of drug-likeness (QED) is 0.888. The molecule has 0 aliphatic carbocycles. The van der Waals surface area contributed by atoms with Crippen LogP contribution in [0.4, 0.5) is 5.13 Å². The molecular weight excluding hydrogens is 270 g/mol. The van der Waals surface area contributed by atoms with Gasteiger partial charge in [0.15, 0.2) is 5.13 Å². The van der Waals surface area contributed by atoms with Crippen LogP contribution in [0.25, 0.3) is 10.4 Å². The molecule has 1 heterocycles. The number of rotatable bonds is 5. The van der Waals surface area contributed by atoms with Crippen LogP contribution in [0.5, 0.6) is 0 Å². The van der Waals surface area contributed by atoms with Gasteiger partial charge in [0.25, 0.3) is 0 Å². The number of nitrogens with one attached hydrogen (secondary N) is 1. The second kappa shape index (κ2) is 6.63. The van der Waals surface area contributed by atoms with Crippen LogP contribution >= 0.6 is 11.3 Å². The maximum atomic E-state index is 12.0. The van der Waals surface area contributed by atoms with Crippen molar-refractivity contribution >= 4 is 22.4 Å². The maximum Gasteiger partial charge on any atom is 0.243 e. The Kier molecular flexibility index (Phi) is 4.87. The molecule has 0 saturated carbocycles. The maximum absolute atomic E-state index is 12.0. The first kappa shape index (κ1) is 14.7. The Bertz CT molecular complexity index is 568. The van der Waals surface area contributed by atoms with Gasteiger partial charge >= 0.3 is 0 Å². The number of aromatic nitrogens is 1. The van der Waals surface area contributed by atoms with Gasteiger partial charge < -0.3 is 11.1 Å². The predicted molar refractivity (Wildman–Crippen MR) is 83.6 cm³/mol. The molecule has 4 nitrogen and oxygen atoms in total. The van der Waals surface area contributed by atoms with E-state index < -0.39 is 6.04 Å². The highest BCUT2D eigenvalue weighted by atomic mass is 32.1. The van der Waals surface area contributed by atoms with Gasteiger partial charge in [0, 0.05) is 6.20 Å². The zero-order valence-electron chi connectivity index (χ0n) is 11.7. The molecule has 2 atom stereocenters. The largest absolute Gasteiger partial charge is 0.320 e. The molecular formula is C15H19N3OS. The van der Waals surface area contributed by atoms with E-state index in [1.54, 1.807) is 6.20 Å². The number of carbonyl (C=O) groups is 1. The molecule has 0 saturated heterocycles. The molecule has 2 unspecified atom stereocenters. The molecule has 1 aromatic carbocycles. The molecule has 1 amide bonds. The number of thiazole rings is 1. The van der Waals surface area contributed by atoms with Crippen molar-refractivity contribution in [3.63, 3.8) is 0 Å². The van der Waals surface area contributed by atoms with E-state index in [1.165, 1.54) is 11.3 Å². The van der Waals surface area contributed by atoms with Gasteiger partial charge in [-0.05, 0) is 11.5 Å². The number of hydrogen-bond acceptors (Lipinski definition) is 4. The van der Waals surface area contributed by atoms with E-state index in [2.05, 4.69) is 10.3 Å². The van der Waals surface area contributed by atoms with Gasteiger partial charge in [-0.15, -0.1) is 0 Å². The Labute approximate surface area is 123 Å². The van der Waals surface area contributed by atoms with Crippen LogP contribution < -0.4 is 11.1 Å². The summed E-state index contributed by atoms with van der Waals surface area (Å²) in [4.78, 5) is 17.2. The normalized spacial score (nSPS) is 13.8. The zero-order valence-corrected chi connectivity index (χ0v) is 12.5. The molecule has 1 aromatic heterocycles. The summed E-state index contributed by atoms with van der Waals surface area (Å²) in [6.07, 6.45) is 2.64. The monoisotopic (exact) mass is 289 g/mol. The molecule has 0 spiro atoms. The van der Waals surface area contributed by atoms with Crippen LogP contribution in [0, 0.1) is 5.92 Å². The fourth-order valence-corrected chi connectivity index (χ4v) is 2.59. The molecule has 0 fully saturated rings. The fraction of sp³-hybridized carbons (Fsp3) is 0.333. The van der Waals surface area contributed by atoms with Crippen molar-refractivity contribution in [2.24, 2.45) is 11.7 Å². The van der Waals surface area contributed by atoms with Gasteiger partial charge in [-0.25, -0.2) is 4.98 Å². The lowest BCUT2D eigenvalue weighted by Gasteiger charge is -2.16. The highest BCUT2D eigenvalue weighted by molar-refractivity contribution is 7.19. The zero-order chi connectivity index (χ0) is 14.5. The SMILES string of the molecule is CCC(C)C(N)C(=O)Nc1ncc(-c2ccccc2)s1. The number of nitrogens with two attached hydrogens (primary N) is 1. The molecule has 0 aliphatic rings. The molecule has 0 radical (unpaired) electrons. The predicted octanol–water partition coefficient (Wildman–Crippen LogP) is 3.12. The van der Waals surface area contributed by atoms with Crippen molar-refractivity contribution in [3.8, 4) is 10.4 Å². The number of amides is 1. The average Bonchev–Trinajstić information content (AvgIpc) is 2.95. The first-order valence-corrected chi connectivity index (χ1v) is 7.51. The van der Waals surface area contributed by atoms with E-state index >= 15 is 0 Å². The smallest absolute Gasteiger partial charge is 0.243 e. The van der Waals surface area contributed by atoms with Gasteiger partial charge in [-0.1, -0.05) is 61.9 Å². The molecule has 2 rings (SSSR count). The summed E-state index contributed by atoms with van der Waals surface area (Å²) in [5.74, 6) is -0.0168. The van der Waals surface area contributed by atoms with Gasteiger partial charge in [0.2, 0.25) is 5.91 Å². The Hall–Kier alpha value is -1.72. The lowest BCUT2D eigenvalue weighted by molar-refractivity contribution is -0.118. The van der Waals surface area contributed by atoms with Gasteiger partial charge in [-0.2, -0.15) is 0 Å². The van der Waals surface area contributed by atoms with Crippen LogP contribution in [0.15, 0.2) is 36.5 Å². The van der Waals surface area contributed by atoms with Crippen molar-refractivity contribution in [3.05, 3.63) is 36.5 Å². The van der Waals surface area contributed by atoms with Crippen molar-refractivity contribution in [1.82, 2.24) is 4.98 Å². The van der Waals surface area contributed by atoms with Gasteiger partial charge in [0.1, 0.15) is 0 Å². The third-order valence-electron chi connectivity index (χ3n) is 3.35. The molecule has 20 heavy (non-hydrogen) atoms. The van der Waals surface area contributed by atoms with E-state index in [9.17, 15) is 4.79 Å². The molecule has 0 aliphatic heterocycles. The molecule has 2 aromatic rings. The van der Waals surface area contributed by atoms with Crippen LogP contribution in [-0.4, -0.2) is 16.9 Å². The lowest BCUT2D eigenvalue weighted by atomic mass is 10.00. The van der Waals surface area contributed by atoms with Crippen molar-refractivity contribution < 1.29 is 4.79 Å². The topological polar surface area (TPSA) is 68.0 Å². The Morgan fingerprint density at radius 2 is 2.10 bits per heavy atom. The van der Waals surface area contributed by atoms with Gasteiger partial charge in [0.05, 0.1) is 10.9 Å². The highest BCUT2D eigenvalue weighted by Gasteiger charge is 2.20. The number of benzene rings is 1. The van der Waals surface area contributed by atoms with Crippen molar-refractivity contribution in [2.45, 2.75) is 26.3 Å².